The highest BCUT2D eigenvalue weighted by Gasteiger charge is 2.41. The van der Waals surface area contributed by atoms with Crippen LogP contribution in [0.4, 0.5) is 0 Å². The zero-order valence-electron chi connectivity index (χ0n) is 11.9. The van der Waals surface area contributed by atoms with E-state index in [0.717, 1.165) is 35.7 Å². The second-order valence-corrected chi connectivity index (χ2v) is 5.57. The summed E-state index contributed by atoms with van der Waals surface area (Å²) in [6, 6.07) is 5.99. The molecule has 0 spiro atoms. The fourth-order valence-electron chi connectivity index (χ4n) is 3.27. The molecule has 2 aliphatic heterocycles. The molecule has 1 aromatic rings. The van der Waals surface area contributed by atoms with Crippen molar-refractivity contribution >= 4 is 0 Å². The van der Waals surface area contributed by atoms with Gasteiger partial charge in [-0.05, 0) is 18.6 Å². The Morgan fingerprint density at radius 1 is 1.38 bits per heavy atom. The van der Waals surface area contributed by atoms with Crippen molar-refractivity contribution in [2.24, 2.45) is 5.92 Å². The quantitative estimate of drug-likeness (QED) is 0.786. The average molecular weight is 282 g/mol. The normalized spacial score (nSPS) is 25.3. The van der Waals surface area contributed by atoms with Crippen LogP contribution in [-0.2, 0) is 4.74 Å². The maximum absolute atomic E-state index is 6.21. The van der Waals surface area contributed by atoms with E-state index in [4.69, 9.17) is 14.2 Å². The molecule has 0 saturated carbocycles. The van der Waals surface area contributed by atoms with Crippen LogP contribution < -0.4 is 9.47 Å². The first-order valence-electron chi connectivity index (χ1n) is 7.43. The smallest absolute Gasteiger partial charge is 0.137 e. The first-order valence-corrected chi connectivity index (χ1v) is 7.43. The largest absolute Gasteiger partial charge is 0.492 e. The molecule has 21 heavy (non-hydrogen) atoms. The molecule has 0 fully saturated rings. The van der Waals surface area contributed by atoms with Crippen molar-refractivity contribution in [1.29, 1.82) is 0 Å². The summed E-state index contributed by atoms with van der Waals surface area (Å²) in [5.74, 6) is 3.16. The van der Waals surface area contributed by atoms with Crippen LogP contribution >= 0.6 is 0 Å². The maximum atomic E-state index is 6.21. The molecule has 2 atom stereocenters. The van der Waals surface area contributed by atoms with E-state index in [1.54, 1.807) is 6.08 Å². The second-order valence-electron chi connectivity index (χ2n) is 5.57. The van der Waals surface area contributed by atoms with E-state index in [9.17, 15) is 0 Å². The molecule has 1 aromatic carbocycles. The molecule has 4 rings (SSSR count). The molecule has 0 bridgehead atoms. The van der Waals surface area contributed by atoms with Gasteiger partial charge in [0.15, 0.2) is 0 Å². The van der Waals surface area contributed by atoms with Gasteiger partial charge in [0.25, 0.3) is 0 Å². The summed E-state index contributed by atoms with van der Waals surface area (Å²) in [6.45, 7) is 4.83. The Balaban J connectivity index is 1.63. The van der Waals surface area contributed by atoms with Crippen molar-refractivity contribution in [2.45, 2.75) is 18.9 Å². The van der Waals surface area contributed by atoms with Crippen LogP contribution in [0.2, 0.25) is 0 Å². The van der Waals surface area contributed by atoms with Crippen LogP contribution in [0.15, 0.2) is 54.3 Å². The van der Waals surface area contributed by atoms with Gasteiger partial charge >= 0.3 is 0 Å². The molecule has 0 aromatic heterocycles. The van der Waals surface area contributed by atoms with Gasteiger partial charge in [0.05, 0.1) is 12.5 Å². The molecule has 2 heterocycles. The number of allylic oxidation sites excluding steroid dienone is 3. The van der Waals surface area contributed by atoms with Gasteiger partial charge in [-0.1, -0.05) is 24.8 Å². The number of fused-ring (bicyclic) bond motifs is 4. The van der Waals surface area contributed by atoms with Crippen molar-refractivity contribution in [3.8, 4) is 11.5 Å². The Morgan fingerprint density at radius 2 is 2.33 bits per heavy atom. The lowest BCUT2D eigenvalue weighted by Crippen LogP contribution is -2.24. The first kappa shape index (κ1) is 12.6. The minimum atomic E-state index is 0.0926. The summed E-state index contributed by atoms with van der Waals surface area (Å²) in [5, 5.41) is 0. The molecule has 1 aliphatic carbocycles. The highest BCUT2D eigenvalue weighted by atomic mass is 16.5. The zero-order valence-corrected chi connectivity index (χ0v) is 11.9. The first-order chi connectivity index (χ1) is 10.4. The van der Waals surface area contributed by atoms with Gasteiger partial charge in [-0.25, -0.2) is 0 Å². The summed E-state index contributed by atoms with van der Waals surface area (Å²) >= 11 is 0. The molecule has 2 unspecified atom stereocenters. The van der Waals surface area contributed by atoms with Crippen LogP contribution in [0.5, 0.6) is 11.5 Å². The van der Waals surface area contributed by atoms with Crippen molar-refractivity contribution in [1.82, 2.24) is 0 Å². The van der Waals surface area contributed by atoms with Gasteiger partial charge in [-0.15, -0.1) is 0 Å². The summed E-state index contributed by atoms with van der Waals surface area (Å²) in [5.41, 5.74) is 2.45. The lowest BCUT2D eigenvalue weighted by atomic mass is 9.87. The molecule has 0 radical (unpaired) electrons. The van der Waals surface area contributed by atoms with E-state index in [2.05, 4.69) is 24.8 Å². The molecule has 0 saturated heterocycles. The van der Waals surface area contributed by atoms with Crippen LogP contribution in [-0.4, -0.2) is 13.2 Å². The molecule has 0 amide bonds. The highest BCUT2D eigenvalue weighted by molar-refractivity contribution is 5.47. The number of rotatable bonds is 3. The maximum Gasteiger partial charge on any atom is 0.137 e. The van der Waals surface area contributed by atoms with Gasteiger partial charge in [0.2, 0.25) is 0 Å². The van der Waals surface area contributed by atoms with Gasteiger partial charge in [0, 0.05) is 23.6 Å². The van der Waals surface area contributed by atoms with E-state index < -0.39 is 0 Å². The molecule has 3 heteroatoms. The molecule has 3 aliphatic rings. The van der Waals surface area contributed by atoms with Gasteiger partial charge < -0.3 is 14.2 Å². The molecule has 0 N–H and O–H groups in total. The Morgan fingerprint density at radius 3 is 3.24 bits per heavy atom. The lowest BCUT2D eigenvalue weighted by molar-refractivity contribution is 0.0664. The topological polar surface area (TPSA) is 27.7 Å². The summed E-state index contributed by atoms with van der Waals surface area (Å²) in [6.07, 6.45) is 8.34. The predicted molar refractivity (Wildman–Crippen MR) is 80.3 cm³/mol. The summed E-state index contributed by atoms with van der Waals surface area (Å²) in [7, 11) is 0. The zero-order chi connectivity index (χ0) is 14.2. The van der Waals surface area contributed by atoms with Crippen LogP contribution in [0.1, 0.15) is 24.5 Å². The lowest BCUT2D eigenvalue weighted by Gasteiger charge is -2.29. The fraction of sp³-hybridized carbons (Fsp3) is 0.333. The third-order valence-electron chi connectivity index (χ3n) is 4.27. The Hall–Kier alpha value is -2.16. The highest BCUT2D eigenvalue weighted by Crippen LogP contribution is 2.50. The molecular formula is C18H18O3. The Labute approximate surface area is 124 Å². The summed E-state index contributed by atoms with van der Waals surface area (Å²) < 4.78 is 17.7. The number of hydrogen-bond acceptors (Lipinski definition) is 3. The summed E-state index contributed by atoms with van der Waals surface area (Å²) in [4.78, 5) is 0. The van der Waals surface area contributed by atoms with E-state index in [-0.39, 0.29) is 6.10 Å². The van der Waals surface area contributed by atoms with Gasteiger partial charge in [-0.2, -0.15) is 0 Å². The van der Waals surface area contributed by atoms with E-state index in [0.29, 0.717) is 19.1 Å². The number of ether oxygens (including phenoxy) is 3. The van der Waals surface area contributed by atoms with Crippen molar-refractivity contribution < 1.29 is 14.2 Å². The van der Waals surface area contributed by atoms with E-state index in [1.165, 1.54) is 5.57 Å². The number of hydrogen-bond donors (Lipinski definition) is 0. The molecular weight excluding hydrogens is 264 g/mol. The van der Waals surface area contributed by atoms with Crippen LogP contribution in [0.25, 0.3) is 0 Å². The van der Waals surface area contributed by atoms with Crippen molar-refractivity contribution in [3.05, 3.63) is 59.9 Å². The molecule has 3 nitrogen and oxygen atoms in total. The fourth-order valence-corrected chi connectivity index (χ4v) is 3.27. The molecule has 108 valence electrons. The minimum Gasteiger partial charge on any atom is -0.492 e. The third kappa shape index (κ3) is 2.04. The Bertz CT molecular complexity index is 642. The van der Waals surface area contributed by atoms with E-state index >= 15 is 0 Å². The minimum absolute atomic E-state index is 0.0926. The predicted octanol–water partition coefficient (Wildman–Crippen LogP) is 3.94. The van der Waals surface area contributed by atoms with Crippen molar-refractivity contribution in [3.63, 3.8) is 0 Å². The van der Waals surface area contributed by atoms with Gasteiger partial charge in [-0.3, -0.25) is 0 Å². The monoisotopic (exact) mass is 282 g/mol. The standard InChI is InChI=1S/C18H18O3/c1-2-9-19-12-7-8-14-17(10-12)20-11-15-13-5-3-4-6-16(13)21-18(14)15/h2-3,5,7-8,10,15,18H,1,4,6,9,11H2. The third-order valence-corrected chi connectivity index (χ3v) is 4.27. The SMILES string of the molecule is C=CCOc1ccc2c(c1)OCC1C3=C(CCC=C3)OC21. The number of benzene rings is 1. The van der Waals surface area contributed by atoms with Crippen LogP contribution in [0.3, 0.4) is 0 Å². The van der Waals surface area contributed by atoms with Crippen LogP contribution in [0, 0.1) is 5.92 Å². The Kier molecular flexibility index (Phi) is 2.99. The van der Waals surface area contributed by atoms with Gasteiger partial charge in [0.1, 0.15) is 30.0 Å². The van der Waals surface area contributed by atoms with E-state index in [1.807, 2.05) is 12.1 Å². The second kappa shape index (κ2) is 4.99. The van der Waals surface area contributed by atoms with Crippen molar-refractivity contribution in [2.75, 3.05) is 13.2 Å². The average Bonchev–Trinajstić information content (AvgIpc) is 2.91.